The van der Waals surface area contributed by atoms with Gasteiger partial charge in [-0.05, 0) is 95.9 Å². The SMILES string of the molecule is c1ccc([Si]2(c3ccccc3)c3ccccc3C3(c4ccccc4Oc4ccccc43)c3cccc(N(c4ccc5c(ccc6ccccc65)c4)c4cccc5c4sc4ccccc45)c32)cc1. The fourth-order valence-electron chi connectivity index (χ4n) is 12.0. The predicted octanol–water partition coefficient (Wildman–Crippen LogP) is 14.0. The van der Waals surface area contributed by atoms with E-state index in [2.05, 4.69) is 254 Å². The van der Waals surface area contributed by atoms with E-state index in [0.717, 1.165) is 34.0 Å². The first kappa shape index (κ1) is 38.3. The summed E-state index contributed by atoms with van der Waals surface area (Å²) in [4.78, 5) is 2.62. The zero-order chi connectivity index (χ0) is 44.1. The summed E-state index contributed by atoms with van der Waals surface area (Å²) in [6.45, 7) is 0. The Balaban J connectivity index is 1.20. The molecule has 0 saturated carbocycles. The van der Waals surface area contributed by atoms with Gasteiger partial charge in [0.15, 0.2) is 8.07 Å². The van der Waals surface area contributed by atoms with E-state index < -0.39 is 13.5 Å². The molecule has 11 aromatic carbocycles. The lowest BCUT2D eigenvalue weighted by Crippen LogP contribution is -2.79. The van der Waals surface area contributed by atoms with Crippen molar-refractivity contribution in [2.75, 3.05) is 4.90 Å². The molecule has 12 aromatic rings. The third kappa shape index (κ3) is 5.31. The molecule has 2 nitrogen and oxygen atoms in total. The standard InChI is InChI=1S/C63H41NOSSi/c1-3-20-45(21-4-1)67(46-22-5-2-6-23-46)60-36-16-12-29-53(60)63(51-27-10-13-33-57(51)65-58-34-14-11-28-52(58)63)54-30-18-32-56(62(54)67)64(55-31-17-26-50-49-25-9-15-35-59(49)66-61(50)55)44-39-40-48-43(41-44)38-37-42-19-7-8-24-47(42)48/h1-41H. The molecule has 314 valence electrons. The third-order valence-electron chi connectivity index (χ3n) is 14.6. The Morgan fingerprint density at radius 2 is 0.940 bits per heavy atom. The van der Waals surface area contributed by atoms with E-state index in [1.807, 2.05) is 11.3 Å². The minimum Gasteiger partial charge on any atom is -0.457 e. The number of benzene rings is 11. The third-order valence-corrected chi connectivity index (χ3v) is 20.8. The van der Waals surface area contributed by atoms with E-state index in [9.17, 15) is 0 Å². The minimum atomic E-state index is -3.27. The van der Waals surface area contributed by atoms with Crippen LogP contribution in [0.2, 0.25) is 0 Å². The molecule has 0 fully saturated rings. The zero-order valence-corrected chi connectivity index (χ0v) is 38.3. The van der Waals surface area contributed by atoms with Crippen molar-refractivity contribution in [2.24, 2.45) is 0 Å². The number of ether oxygens (including phenoxy) is 1. The van der Waals surface area contributed by atoms with Gasteiger partial charge >= 0.3 is 0 Å². The normalized spacial score (nSPS) is 14.0. The number of hydrogen-bond acceptors (Lipinski definition) is 3. The minimum absolute atomic E-state index is 0.717. The van der Waals surface area contributed by atoms with Crippen LogP contribution in [0.3, 0.4) is 0 Å². The van der Waals surface area contributed by atoms with Crippen molar-refractivity contribution in [3.8, 4) is 11.5 Å². The summed E-state index contributed by atoms with van der Waals surface area (Å²) in [5, 5.41) is 12.9. The fourth-order valence-corrected chi connectivity index (χ4v) is 18.7. The molecular weight excluding hydrogens is 847 g/mol. The molecule has 0 saturated heterocycles. The Morgan fingerprint density at radius 1 is 0.388 bits per heavy atom. The van der Waals surface area contributed by atoms with Crippen molar-refractivity contribution in [1.29, 1.82) is 0 Å². The van der Waals surface area contributed by atoms with Crippen LogP contribution in [0.4, 0.5) is 17.1 Å². The number of hydrogen-bond donors (Lipinski definition) is 0. The zero-order valence-electron chi connectivity index (χ0n) is 36.4. The molecule has 1 aromatic heterocycles. The molecule has 4 heteroatoms. The van der Waals surface area contributed by atoms with Crippen molar-refractivity contribution < 1.29 is 4.74 Å². The van der Waals surface area contributed by atoms with E-state index in [0.29, 0.717) is 0 Å². The highest BCUT2D eigenvalue weighted by Crippen LogP contribution is 2.57. The molecule has 0 atom stereocenters. The van der Waals surface area contributed by atoms with Gasteiger partial charge in [-0.25, -0.2) is 0 Å². The average molecular weight is 888 g/mol. The van der Waals surface area contributed by atoms with Crippen LogP contribution in [0.15, 0.2) is 249 Å². The quantitative estimate of drug-likeness (QED) is 0.126. The van der Waals surface area contributed by atoms with Gasteiger partial charge in [-0.2, -0.15) is 0 Å². The first-order valence-electron chi connectivity index (χ1n) is 23.1. The summed E-state index contributed by atoms with van der Waals surface area (Å²) in [6.07, 6.45) is 0. The Labute approximate surface area is 394 Å². The maximum absolute atomic E-state index is 6.92. The molecule has 0 aliphatic carbocycles. The van der Waals surface area contributed by atoms with E-state index >= 15 is 0 Å². The summed E-state index contributed by atoms with van der Waals surface area (Å²) in [5.74, 6) is 1.77. The second-order valence-electron chi connectivity index (χ2n) is 17.9. The van der Waals surface area contributed by atoms with Gasteiger partial charge in [0.1, 0.15) is 11.5 Å². The van der Waals surface area contributed by atoms with Crippen molar-refractivity contribution in [1.82, 2.24) is 0 Å². The summed E-state index contributed by atoms with van der Waals surface area (Å²) in [6, 6.07) is 93.2. The van der Waals surface area contributed by atoms with Crippen LogP contribution in [0.1, 0.15) is 22.3 Å². The lowest BCUT2D eigenvalue weighted by Gasteiger charge is -2.52. The van der Waals surface area contributed by atoms with Crippen LogP contribution in [0.5, 0.6) is 11.5 Å². The molecule has 2 aliphatic rings. The average Bonchev–Trinajstić information content (AvgIpc) is 3.79. The van der Waals surface area contributed by atoms with Crippen LogP contribution >= 0.6 is 11.3 Å². The fraction of sp³-hybridized carbons (Fsp3) is 0.0159. The van der Waals surface area contributed by atoms with Crippen molar-refractivity contribution in [3.05, 3.63) is 271 Å². The van der Waals surface area contributed by atoms with Gasteiger partial charge in [0.2, 0.25) is 0 Å². The maximum Gasteiger partial charge on any atom is 0.182 e. The molecule has 0 unspecified atom stereocenters. The molecule has 0 radical (unpaired) electrons. The summed E-state index contributed by atoms with van der Waals surface area (Å²) < 4.78 is 9.47. The van der Waals surface area contributed by atoms with Gasteiger partial charge in [-0.1, -0.05) is 206 Å². The lowest BCUT2D eigenvalue weighted by atomic mass is 9.63. The van der Waals surface area contributed by atoms with Crippen molar-refractivity contribution in [3.63, 3.8) is 0 Å². The first-order chi connectivity index (χ1) is 33.2. The number of rotatable bonds is 5. The number of thiophene rings is 1. The summed E-state index contributed by atoms with van der Waals surface area (Å²) in [5.41, 5.74) is 7.63. The number of anilines is 3. The lowest BCUT2D eigenvalue weighted by molar-refractivity contribution is 0.435. The highest BCUT2D eigenvalue weighted by molar-refractivity contribution is 7.26. The van der Waals surface area contributed by atoms with Crippen LogP contribution < -0.4 is 30.4 Å². The maximum atomic E-state index is 6.92. The molecule has 1 spiro atoms. The highest BCUT2D eigenvalue weighted by atomic mass is 32.1. The number of para-hydroxylation sites is 2. The first-order valence-corrected chi connectivity index (χ1v) is 25.9. The number of fused-ring (bicyclic) bond motifs is 14. The van der Waals surface area contributed by atoms with Gasteiger partial charge < -0.3 is 9.64 Å². The molecule has 0 N–H and O–H groups in total. The summed E-state index contributed by atoms with van der Waals surface area (Å²) >= 11 is 1.89. The van der Waals surface area contributed by atoms with Gasteiger partial charge in [0.25, 0.3) is 0 Å². The Morgan fingerprint density at radius 3 is 1.70 bits per heavy atom. The van der Waals surface area contributed by atoms with Crippen LogP contribution in [0, 0.1) is 0 Å². The van der Waals surface area contributed by atoms with Gasteiger partial charge in [-0.15, -0.1) is 11.3 Å². The van der Waals surface area contributed by atoms with Gasteiger partial charge in [-0.3, -0.25) is 0 Å². The monoisotopic (exact) mass is 887 g/mol. The molecular formula is C63H41NOSSi. The van der Waals surface area contributed by atoms with Crippen LogP contribution in [-0.2, 0) is 5.41 Å². The van der Waals surface area contributed by atoms with E-state index in [-0.39, 0.29) is 0 Å². The Kier molecular flexibility index (Phi) is 8.42. The second-order valence-corrected chi connectivity index (χ2v) is 22.6. The molecule has 67 heavy (non-hydrogen) atoms. The smallest absolute Gasteiger partial charge is 0.182 e. The Hall–Kier alpha value is -8.02. The molecule has 2 aliphatic heterocycles. The van der Waals surface area contributed by atoms with E-state index in [1.165, 1.54) is 79.3 Å². The van der Waals surface area contributed by atoms with Gasteiger partial charge in [0, 0.05) is 38.0 Å². The second kappa shape index (κ2) is 14.7. The molecule has 3 heterocycles. The van der Waals surface area contributed by atoms with Gasteiger partial charge in [0.05, 0.1) is 15.8 Å². The molecule has 14 rings (SSSR count). The van der Waals surface area contributed by atoms with Crippen LogP contribution in [-0.4, -0.2) is 8.07 Å². The number of nitrogens with zero attached hydrogens (tertiary/aromatic N) is 1. The van der Waals surface area contributed by atoms with Crippen molar-refractivity contribution >= 4 is 98.9 Å². The largest absolute Gasteiger partial charge is 0.457 e. The molecule has 0 amide bonds. The van der Waals surface area contributed by atoms with Crippen molar-refractivity contribution in [2.45, 2.75) is 5.41 Å². The van der Waals surface area contributed by atoms with E-state index in [4.69, 9.17) is 4.74 Å². The predicted molar refractivity (Wildman–Crippen MR) is 285 cm³/mol. The highest BCUT2D eigenvalue weighted by Gasteiger charge is 2.58. The van der Waals surface area contributed by atoms with Crippen LogP contribution in [0.25, 0.3) is 41.7 Å². The van der Waals surface area contributed by atoms with E-state index in [1.54, 1.807) is 0 Å². The molecule has 0 bridgehead atoms. The summed E-state index contributed by atoms with van der Waals surface area (Å²) in [7, 11) is -3.27. The Bertz CT molecular complexity index is 3850. The topological polar surface area (TPSA) is 12.5 Å².